The molecule has 0 aromatic heterocycles. The first-order valence-corrected chi connectivity index (χ1v) is 13.4. The summed E-state index contributed by atoms with van der Waals surface area (Å²) in [4.78, 5) is 13.2. The van der Waals surface area contributed by atoms with Gasteiger partial charge in [-0.05, 0) is 85.4 Å². The van der Waals surface area contributed by atoms with Crippen molar-refractivity contribution in [2.24, 2.45) is 51.8 Å². The highest BCUT2D eigenvalue weighted by atomic mass is 16.5. The minimum Gasteiger partial charge on any atom is -0.368 e. The van der Waals surface area contributed by atoms with Crippen LogP contribution in [-0.2, 0) is 4.79 Å². The second kappa shape index (κ2) is 8.42. The summed E-state index contributed by atoms with van der Waals surface area (Å²) in [5.74, 6) is 4.53. The topological polar surface area (TPSA) is 57.5 Å². The third kappa shape index (κ3) is 3.94. The van der Waals surface area contributed by atoms with Crippen molar-refractivity contribution in [2.75, 3.05) is 0 Å². The lowest BCUT2D eigenvalue weighted by Crippen LogP contribution is -2.56. The number of hydrogen-bond donors (Lipinski definition) is 2. The van der Waals surface area contributed by atoms with Crippen molar-refractivity contribution in [3.8, 4) is 0 Å². The number of carbonyl (C=O) groups excluding carboxylic acids is 1. The zero-order chi connectivity index (χ0) is 22.6. The highest BCUT2D eigenvalue weighted by Crippen LogP contribution is 2.67. The molecule has 4 aliphatic carbocycles. The Morgan fingerprint density at radius 3 is 2.42 bits per heavy atom. The normalized spacial score (nSPS) is 44.0. The number of aliphatic hydroxyl groups is 2. The molecular weight excluding hydrogens is 384 g/mol. The van der Waals surface area contributed by atoms with Gasteiger partial charge in [-0.15, -0.1) is 0 Å². The minimum absolute atomic E-state index is 0.278. The summed E-state index contributed by atoms with van der Waals surface area (Å²) >= 11 is 0. The summed E-state index contributed by atoms with van der Waals surface area (Å²) in [5, 5.41) is 19.2. The summed E-state index contributed by atoms with van der Waals surface area (Å²) in [5.41, 5.74) is 0.249. The molecular formula is C28H48O3. The molecule has 4 aliphatic rings. The molecule has 0 aromatic rings. The average molecular weight is 433 g/mol. The number of hydrogen-bond acceptors (Lipinski definition) is 3. The molecule has 2 N–H and O–H groups in total. The van der Waals surface area contributed by atoms with Crippen LogP contribution in [-0.4, -0.2) is 22.3 Å². The van der Waals surface area contributed by atoms with Gasteiger partial charge in [0.2, 0.25) is 0 Å². The zero-order valence-electron chi connectivity index (χ0n) is 20.8. The molecule has 3 heteroatoms. The van der Waals surface area contributed by atoms with Gasteiger partial charge in [0, 0.05) is 17.8 Å². The fraction of sp³-hybridized carbons (Fsp3) is 0.964. The number of Topliss-reactive ketones (excluding diaryl/α,β-unsaturated/α-hetero) is 1. The molecule has 0 spiro atoms. The van der Waals surface area contributed by atoms with Crippen molar-refractivity contribution >= 4 is 5.78 Å². The monoisotopic (exact) mass is 432 g/mol. The van der Waals surface area contributed by atoms with E-state index in [9.17, 15) is 15.0 Å². The molecule has 0 heterocycles. The summed E-state index contributed by atoms with van der Waals surface area (Å²) < 4.78 is 0. The fourth-order valence-corrected chi connectivity index (χ4v) is 9.28. The molecule has 4 rings (SSSR count). The Kier molecular flexibility index (Phi) is 6.45. The van der Waals surface area contributed by atoms with Crippen LogP contribution in [0, 0.1) is 51.8 Å². The molecule has 4 fully saturated rings. The van der Waals surface area contributed by atoms with Crippen molar-refractivity contribution in [2.45, 2.75) is 118 Å². The van der Waals surface area contributed by atoms with Gasteiger partial charge in [0.25, 0.3) is 0 Å². The van der Waals surface area contributed by atoms with Crippen LogP contribution in [0.15, 0.2) is 0 Å². The van der Waals surface area contributed by atoms with Crippen molar-refractivity contribution in [3.05, 3.63) is 0 Å². The number of rotatable bonds is 6. The van der Waals surface area contributed by atoms with Crippen LogP contribution in [0.3, 0.4) is 0 Å². The van der Waals surface area contributed by atoms with Gasteiger partial charge < -0.3 is 10.2 Å². The SMILES string of the molecule is CC(CCCC(C)(C)C(O)O)[C@H]1CC[C@H]2[C@@H]3CC(=O)[C@H]4CCCC[C@]4(C)[C@H]3CC[C@]12C. The van der Waals surface area contributed by atoms with E-state index in [-0.39, 0.29) is 5.41 Å². The zero-order valence-corrected chi connectivity index (χ0v) is 20.8. The third-order valence-corrected chi connectivity index (χ3v) is 11.3. The summed E-state index contributed by atoms with van der Waals surface area (Å²) in [7, 11) is 0. The van der Waals surface area contributed by atoms with E-state index in [1.807, 2.05) is 13.8 Å². The van der Waals surface area contributed by atoms with Crippen molar-refractivity contribution in [1.29, 1.82) is 0 Å². The average Bonchev–Trinajstić information content (AvgIpc) is 3.05. The Labute approximate surface area is 190 Å². The van der Waals surface area contributed by atoms with E-state index in [4.69, 9.17) is 0 Å². The lowest BCUT2D eigenvalue weighted by molar-refractivity contribution is -0.154. The van der Waals surface area contributed by atoms with Crippen molar-refractivity contribution in [3.63, 3.8) is 0 Å². The standard InChI is InChI=1S/C28H48O3/c1-18(9-8-14-26(2,3)25(30)31)20-11-12-21-19-17-24(29)23-10-6-7-15-27(23,4)22(19)13-16-28(20,21)5/h18-23,25,30-31H,6-17H2,1-5H3/t18?,19-,20+,21-,22-,23+,27+,28+/m0/s1. The van der Waals surface area contributed by atoms with Crippen LogP contribution in [0.5, 0.6) is 0 Å². The van der Waals surface area contributed by atoms with E-state index in [0.717, 1.165) is 43.4 Å². The maximum Gasteiger partial charge on any atom is 0.156 e. The maximum absolute atomic E-state index is 13.2. The van der Waals surface area contributed by atoms with Crippen LogP contribution >= 0.6 is 0 Å². The van der Waals surface area contributed by atoms with Gasteiger partial charge in [0.1, 0.15) is 5.78 Å². The Morgan fingerprint density at radius 1 is 1.00 bits per heavy atom. The van der Waals surface area contributed by atoms with E-state index in [1.54, 1.807) is 0 Å². The van der Waals surface area contributed by atoms with Crippen LogP contribution in [0.1, 0.15) is 112 Å². The lowest BCUT2D eigenvalue weighted by atomic mass is 9.44. The minimum atomic E-state index is -1.24. The van der Waals surface area contributed by atoms with Crippen molar-refractivity contribution in [1.82, 2.24) is 0 Å². The van der Waals surface area contributed by atoms with Crippen LogP contribution < -0.4 is 0 Å². The first-order valence-electron chi connectivity index (χ1n) is 13.4. The third-order valence-electron chi connectivity index (χ3n) is 11.3. The molecule has 0 bridgehead atoms. The first-order chi connectivity index (χ1) is 14.5. The number of aliphatic hydroxyl groups excluding tert-OH is 1. The molecule has 4 saturated carbocycles. The second-order valence-corrected chi connectivity index (χ2v) is 13.3. The number of fused-ring (bicyclic) bond motifs is 5. The Balaban J connectivity index is 1.45. The summed E-state index contributed by atoms with van der Waals surface area (Å²) in [6.07, 6.45) is 13.1. The predicted octanol–water partition coefficient (Wildman–Crippen LogP) is 6.36. The summed E-state index contributed by atoms with van der Waals surface area (Å²) in [6.45, 7) is 11.4. The lowest BCUT2D eigenvalue weighted by Gasteiger charge is -2.60. The summed E-state index contributed by atoms with van der Waals surface area (Å²) in [6, 6.07) is 0. The molecule has 31 heavy (non-hydrogen) atoms. The van der Waals surface area contributed by atoms with Gasteiger partial charge in [-0.25, -0.2) is 0 Å². The highest BCUT2D eigenvalue weighted by Gasteiger charge is 2.61. The number of carbonyl (C=O) groups is 1. The molecule has 178 valence electrons. The Morgan fingerprint density at radius 2 is 1.71 bits per heavy atom. The Hall–Kier alpha value is -0.410. The van der Waals surface area contributed by atoms with Crippen LogP contribution in [0.2, 0.25) is 0 Å². The molecule has 8 atom stereocenters. The molecule has 0 radical (unpaired) electrons. The van der Waals surface area contributed by atoms with Crippen LogP contribution in [0.4, 0.5) is 0 Å². The van der Waals surface area contributed by atoms with Gasteiger partial charge in [-0.1, -0.05) is 60.3 Å². The first kappa shape index (κ1) is 23.7. The van der Waals surface area contributed by atoms with E-state index in [1.165, 1.54) is 51.4 Å². The van der Waals surface area contributed by atoms with Gasteiger partial charge in [-0.3, -0.25) is 4.79 Å². The molecule has 3 nitrogen and oxygen atoms in total. The number of ketones is 1. The van der Waals surface area contributed by atoms with Gasteiger partial charge in [-0.2, -0.15) is 0 Å². The molecule has 0 amide bonds. The van der Waals surface area contributed by atoms with Gasteiger partial charge in [0.05, 0.1) is 0 Å². The second-order valence-electron chi connectivity index (χ2n) is 13.3. The van der Waals surface area contributed by atoms with Crippen LogP contribution in [0.25, 0.3) is 0 Å². The fourth-order valence-electron chi connectivity index (χ4n) is 9.28. The van der Waals surface area contributed by atoms with E-state index in [0.29, 0.717) is 29.0 Å². The quantitative estimate of drug-likeness (QED) is 0.480. The highest BCUT2D eigenvalue weighted by molar-refractivity contribution is 5.83. The van der Waals surface area contributed by atoms with E-state index >= 15 is 0 Å². The molecule has 0 aliphatic heterocycles. The van der Waals surface area contributed by atoms with Crippen molar-refractivity contribution < 1.29 is 15.0 Å². The smallest absolute Gasteiger partial charge is 0.156 e. The maximum atomic E-state index is 13.2. The van der Waals surface area contributed by atoms with Gasteiger partial charge in [0.15, 0.2) is 6.29 Å². The largest absolute Gasteiger partial charge is 0.368 e. The molecule has 0 saturated heterocycles. The molecule has 1 unspecified atom stereocenters. The predicted molar refractivity (Wildman–Crippen MR) is 125 cm³/mol. The molecule has 0 aromatic carbocycles. The van der Waals surface area contributed by atoms with Gasteiger partial charge >= 0.3 is 0 Å². The Bertz CT molecular complexity index is 669. The van der Waals surface area contributed by atoms with E-state index in [2.05, 4.69) is 20.8 Å². The van der Waals surface area contributed by atoms with E-state index < -0.39 is 11.7 Å².